The Bertz CT molecular complexity index is 628. The number of nitrogens with zero attached hydrogens (tertiary/aromatic N) is 1. The van der Waals surface area contributed by atoms with Crippen LogP contribution in [-0.4, -0.2) is 27.1 Å². The predicted molar refractivity (Wildman–Crippen MR) is 71.3 cm³/mol. The molecule has 0 atom stereocenters. The molecule has 0 saturated carbocycles. The summed E-state index contributed by atoms with van der Waals surface area (Å²) in [5.41, 5.74) is -0.402. The molecule has 6 heteroatoms. The smallest absolute Gasteiger partial charge is 0.251 e. The molecule has 1 rings (SSSR count). The maximum atomic E-state index is 11.9. The van der Waals surface area contributed by atoms with Crippen molar-refractivity contribution in [1.82, 2.24) is 5.32 Å². The Kier molecular flexibility index (Phi) is 4.32. The molecule has 0 aliphatic heterocycles. The minimum Gasteiger partial charge on any atom is -0.350 e. The number of benzene rings is 1. The van der Waals surface area contributed by atoms with Gasteiger partial charge in [-0.2, -0.15) is 5.26 Å². The Morgan fingerprint density at radius 3 is 2.58 bits per heavy atom. The summed E-state index contributed by atoms with van der Waals surface area (Å²) in [4.78, 5) is 12.0. The minimum atomic E-state index is -3.34. The van der Waals surface area contributed by atoms with Gasteiger partial charge in [-0.3, -0.25) is 4.79 Å². The van der Waals surface area contributed by atoms with E-state index in [0.717, 1.165) is 6.26 Å². The fourth-order valence-corrected chi connectivity index (χ4v) is 1.98. The number of hydrogen-bond donors (Lipinski definition) is 1. The standard InChI is InChI=1S/C13H16N2O3S/c1-13(2,8-14)9-15-12(16)10-5-4-6-11(7-10)19(3,17)18/h4-7H,9H2,1-3H3,(H,15,16). The van der Waals surface area contributed by atoms with Crippen molar-refractivity contribution in [3.63, 3.8) is 0 Å². The monoisotopic (exact) mass is 280 g/mol. The Labute approximate surface area is 113 Å². The van der Waals surface area contributed by atoms with E-state index in [4.69, 9.17) is 5.26 Å². The van der Waals surface area contributed by atoms with Gasteiger partial charge in [-0.1, -0.05) is 6.07 Å². The molecule has 1 N–H and O–H groups in total. The number of carbonyl (C=O) groups is 1. The van der Waals surface area contributed by atoms with Crippen LogP contribution < -0.4 is 5.32 Å². The van der Waals surface area contributed by atoms with E-state index >= 15 is 0 Å². The lowest BCUT2D eigenvalue weighted by Crippen LogP contribution is -2.33. The maximum absolute atomic E-state index is 11.9. The van der Waals surface area contributed by atoms with Crippen LogP contribution in [0, 0.1) is 16.7 Å². The average Bonchev–Trinajstić information content (AvgIpc) is 2.35. The molecule has 0 aliphatic rings. The molecule has 1 aromatic rings. The van der Waals surface area contributed by atoms with Crippen LogP contribution in [0.4, 0.5) is 0 Å². The summed E-state index contributed by atoms with van der Waals surface area (Å²) in [5.74, 6) is -0.395. The van der Waals surface area contributed by atoms with Crippen molar-refractivity contribution >= 4 is 15.7 Å². The summed E-state index contributed by atoms with van der Waals surface area (Å²) in [6, 6.07) is 7.88. The molecule has 0 aromatic heterocycles. The normalized spacial score (nSPS) is 11.7. The summed E-state index contributed by atoms with van der Waals surface area (Å²) >= 11 is 0. The lowest BCUT2D eigenvalue weighted by Gasteiger charge is -2.15. The largest absolute Gasteiger partial charge is 0.350 e. The van der Waals surface area contributed by atoms with Crippen LogP contribution in [0.3, 0.4) is 0 Å². The number of nitriles is 1. The van der Waals surface area contributed by atoms with Gasteiger partial charge < -0.3 is 5.32 Å². The van der Waals surface area contributed by atoms with Crippen molar-refractivity contribution in [2.24, 2.45) is 5.41 Å². The second kappa shape index (κ2) is 5.41. The molecule has 102 valence electrons. The van der Waals surface area contributed by atoms with Crippen molar-refractivity contribution in [3.8, 4) is 6.07 Å². The Balaban J connectivity index is 2.88. The van der Waals surface area contributed by atoms with Crippen LogP contribution in [0.5, 0.6) is 0 Å². The zero-order valence-corrected chi connectivity index (χ0v) is 11.9. The molecule has 0 fully saturated rings. The summed E-state index contributed by atoms with van der Waals surface area (Å²) in [7, 11) is -3.34. The molecule has 5 nitrogen and oxygen atoms in total. The lowest BCUT2D eigenvalue weighted by atomic mass is 9.96. The molecular formula is C13H16N2O3S. The van der Waals surface area contributed by atoms with Gasteiger partial charge in [-0.05, 0) is 32.0 Å². The first-order chi connectivity index (χ1) is 8.65. The van der Waals surface area contributed by atoms with Crippen molar-refractivity contribution in [2.45, 2.75) is 18.7 Å². The second-order valence-electron chi connectivity index (χ2n) is 4.98. The first kappa shape index (κ1) is 15.2. The molecule has 0 radical (unpaired) electrons. The molecule has 0 unspecified atom stereocenters. The highest BCUT2D eigenvalue weighted by molar-refractivity contribution is 7.90. The molecule has 0 spiro atoms. The quantitative estimate of drug-likeness (QED) is 0.902. The number of nitrogens with one attached hydrogen (secondary N) is 1. The van der Waals surface area contributed by atoms with E-state index in [0.29, 0.717) is 0 Å². The zero-order valence-electron chi connectivity index (χ0n) is 11.1. The van der Waals surface area contributed by atoms with Crippen molar-refractivity contribution in [2.75, 3.05) is 12.8 Å². The Hall–Kier alpha value is -1.87. The van der Waals surface area contributed by atoms with E-state index in [1.165, 1.54) is 24.3 Å². The molecule has 0 bridgehead atoms. The van der Waals surface area contributed by atoms with E-state index < -0.39 is 21.2 Å². The maximum Gasteiger partial charge on any atom is 0.251 e. The molecule has 0 saturated heterocycles. The van der Waals surface area contributed by atoms with Gasteiger partial charge >= 0.3 is 0 Å². The third-order valence-corrected chi connectivity index (χ3v) is 3.63. The van der Waals surface area contributed by atoms with Crippen molar-refractivity contribution in [1.29, 1.82) is 5.26 Å². The summed E-state index contributed by atoms with van der Waals surface area (Å²) in [6.07, 6.45) is 1.09. The van der Waals surface area contributed by atoms with E-state index in [2.05, 4.69) is 11.4 Å². The third-order valence-electron chi connectivity index (χ3n) is 2.52. The van der Waals surface area contributed by atoms with Crippen LogP contribution in [0.2, 0.25) is 0 Å². The first-order valence-electron chi connectivity index (χ1n) is 5.65. The molecular weight excluding hydrogens is 264 g/mol. The molecule has 1 aromatic carbocycles. The van der Waals surface area contributed by atoms with Gasteiger partial charge in [0, 0.05) is 18.4 Å². The Morgan fingerprint density at radius 1 is 1.42 bits per heavy atom. The molecule has 1 amide bonds. The van der Waals surface area contributed by atoms with Crippen LogP contribution in [0.1, 0.15) is 24.2 Å². The fraction of sp³-hybridized carbons (Fsp3) is 0.385. The number of amides is 1. The fourth-order valence-electron chi connectivity index (χ4n) is 1.31. The van der Waals surface area contributed by atoms with Gasteiger partial charge in [0.25, 0.3) is 5.91 Å². The summed E-state index contributed by atoms with van der Waals surface area (Å²) in [5, 5.41) is 11.5. The highest BCUT2D eigenvalue weighted by Gasteiger charge is 2.18. The third kappa shape index (κ3) is 4.38. The van der Waals surface area contributed by atoms with Gasteiger partial charge in [0.15, 0.2) is 9.84 Å². The molecule has 0 aliphatic carbocycles. The van der Waals surface area contributed by atoms with Gasteiger partial charge in [-0.15, -0.1) is 0 Å². The SMILES string of the molecule is CC(C)(C#N)CNC(=O)c1cccc(S(C)(=O)=O)c1. The van der Waals surface area contributed by atoms with E-state index in [-0.39, 0.29) is 17.0 Å². The van der Waals surface area contributed by atoms with E-state index in [1.54, 1.807) is 13.8 Å². The van der Waals surface area contributed by atoms with Crippen LogP contribution in [-0.2, 0) is 9.84 Å². The van der Waals surface area contributed by atoms with Gasteiger partial charge in [0.1, 0.15) is 0 Å². The van der Waals surface area contributed by atoms with Gasteiger partial charge in [0.2, 0.25) is 0 Å². The van der Waals surface area contributed by atoms with Gasteiger partial charge in [0.05, 0.1) is 16.4 Å². The highest BCUT2D eigenvalue weighted by atomic mass is 32.2. The molecule has 19 heavy (non-hydrogen) atoms. The van der Waals surface area contributed by atoms with Crippen molar-refractivity contribution in [3.05, 3.63) is 29.8 Å². The van der Waals surface area contributed by atoms with Crippen LogP contribution >= 0.6 is 0 Å². The van der Waals surface area contributed by atoms with Crippen molar-refractivity contribution < 1.29 is 13.2 Å². The first-order valence-corrected chi connectivity index (χ1v) is 7.54. The zero-order chi connectivity index (χ0) is 14.7. The number of sulfone groups is 1. The summed E-state index contributed by atoms with van der Waals surface area (Å²) in [6.45, 7) is 3.62. The minimum absolute atomic E-state index is 0.0969. The molecule has 0 heterocycles. The number of rotatable bonds is 4. The van der Waals surface area contributed by atoms with E-state index in [9.17, 15) is 13.2 Å². The highest BCUT2D eigenvalue weighted by Crippen LogP contribution is 2.13. The lowest BCUT2D eigenvalue weighted by molar-refractivity contribution is 0.0943. The second-order valence-corrected chi connectivity index (χ2v) is 6.99. The Morgan fingerprint density at radius 2 is 2.05 bits per heavy atom. The number of hydrogen-bond acceptors (Lipinski definition) is 4. The van der Waals surface area contributed by atoms with Crippen LogP contribution in [0.15, 0.2) is 29.2 Å². The topological polar surface area (TPSA) is 87.0 Å². The number of carbonyl (C=O) groups excluding carboxylic acids is 1. The van der Waals surface area contributed by atoms with E-state index in [1.807, 2.05) is 0 Å². The predicted octanol–water partition coefficient (Wildman–Crippen LogP) is 1.37. The average molecular weight is 280 g/mol. The van der Waals surface area contributed by atoms with Crippen LogP contribution in [0.25, 0.3) is 0 Å². The summed E-state index contributed by atoms with van der Waals surface area (Å²) < 4.78 is 22.8. The van der Waals surface area contributed by atoms with Gasteiger partial charge in [-0.25, -0.2) is 8.42 Å².